The molecular weight excluding hydrogens is 308 g/mol. The Morgan fingerprint density at radius 1 is 1.48 bits per heavy atom. The zero-order valence-electron chi connectivity index (χ0n) is 11.5. The highest BCUT2D eigenvalue weighted by Crippen LogP contribution is 2.25. The van der Waals surface area contributed by atoms with Gasteiger partial charge in [-0.1, -0.05) is 23.4 Å². The quantitative estimate of drug-likeness (QED) is 0.836. The van der Waals surface area contributed by atoms with Gasteiger partial charge in [-0.15, -0.1) is 11.3 Å². The molecule has 2 rings (SSSR count). The molecule has 0 aliphatic carbocycles. The molecular formula is C15H13ClN2O2S. The summed E-state index contributed by atoms with van der Waals surface area (Å²) >= 11 is 7.42. The van der Waals surface area contributed by atoms with E-state index in [1.165, 1.54) is 11.3 Å². The van der Waals surface area contributed by atoms with Gasteiger partial charge in [-0.05, 0) is 32.0 Å². The fourth-order valence-electron chi connectivity index (χ4n) is 1.76. The van der Waals surface area contributed by atoms with Gasteiger partial charge in [0.25, 0.3) is 5.91 Å². The van der Waals surface area contributed by atoms with Crippen molar-refractivity contribution >= 4 is 34.5 Å². The van der Waals surface area contributed by atoms with Gasteiger partial charge in [0.1, 0.15) is 11.5 Å². The Morgan fingerprint density at radius 3 is 2.86 bits per heavy atom. The van der Waals surface area contributed by atoms with Gasteiger partial charge >= 0.3 is 0 Å². The SMILES string of the molecule is Cc1nc(C)c(C(=O)Nc2cc(C#CCO)ccc2Cl)s1. The summed E-state index contributed by atoms with van der Waals surface area (Å²) < 4.78 is 0. The predicted octanol–water partition coefficient (Wildman–Crippen LogP) is 3.01. The standard InChI is InChI=1S/C15H13ClN2O2S/c1-9-14(21-10(2)17-9)15(20)18-13-8-11(4-3-7-19)5-6-12(13)16/h5-6,8,19H,7H2,1-2H3,(H,18,20). The number of nitrogens with one attached hydrogen (secondary N) is 1. The van der Waals surface area contributed by atoms with Crippen molar-refractivity contribution in [1.29, 1.82) is 0 Å². The fourth-order valence-corrected chi connectivity index (χ4v) is 2.74. The number of nitrogens with zero attached hydrogens (tertiary/aromatic N) is 1. The van der Waals surface area contributed by atoms with Crippen LogP contribution in [0.25, 0.3) is 0 Å². The molecule has 0 saturated heterocycles. The number of aliphatic hydroxyl groups is 1. The Morgan fingerprint density at radius 2 is 2.24 bits per heavy atom. The number of carbonyl (C=O) groups excluding carboxylic acids is 1. The average Bonchev–Trinajstić information content (AvgIpc) is 2.78. The summed E-state index contributed by atoms with van der Waals surface area (Å²) in [6, 6.07) is 5.05. The summed E-state index contributed by atoms with van der Waals surface area (Å²) in [6.07, 6.45) is 0. The maximum Gasteiger partial charge on any atom is 0.267 e. The van der Waals surface area contributed by atoms with Gasteiger partial charge < -0.3 is 10.4 Å². The van der Waals surface area contributed by atoms with Crippen LogP contribution >= 0.6 is 22.9 Å². The molecule has 0 unspecified atom stereocenters. The molecule has 1 heterocycles. The summed E-state index contributed by atoms with van der Waals surface area (Å²) in [5.41, 5.74) is 1.85. The lowest BCUT2D eigenvalue weighted by Crippen LogP contribution is -2.12. The van der Waals surface area contributed by atoms with Crippen molar-refractivity contribution in [2.75, 3.05) is 11.9 Å². The highest BCUT2D eigenvalue weighted by atomic mass is 35.5. The number of aromatic nitrogens is 1. The van der Waals surface area contributed by atoms with Gasteiger partial charge in [0.2, 0.25) is 0 Å². The Hall–Kier alpha value is -1.87. The van der Waals surface area contributed by atoms with E-state index in [1.807, 2.05) is 6.92 Å². The summed E-state index contributed by atoms with van der Waals surface area (Å²) in [4.78, 5) is 17.0. The first-order valence-electron chi connectivity index (χ1n) is 6.16. The molecule has 4 nitrogen and oxygen atoms in total. The van der Waals surface area contributed by atoms with Crippen molar-refractivity contribution in [1.82, 2.24) is 4.98 Å². The molecule has 21 heavy (non-hydrogen) atoms. The van der Waals surface area contributed by atoms with Crippen molar-refractivity contribution in [2.45, 2.75) is 13.8 Å². The number of anilines is 1. The summed E-state index contributed by atoms with van der Waals surface area (Å²) in [7, 11) is 0. The van der Waals surface area contributed by atoms with Gasteiger partial charge in [0.15, 0.2) is 0 Å². The topological polar surface area (TPSA) is 62.2 Å². The lowest BCUT2D eigenvalue weighted by Gasteiger charge is -2.07. The van der Waals surface area contributed by atoms with Crippen LogP contribution in [0, 0.1) is 25.7 Å². The highest BCUT2D eigenvalue weighted by Gasteiger charge is 2.15. The molecule has 0 bridgehead atoms. The zero-order chi connectivity index (χ0) is 15.4. The lowest BCUT2D eigenvalue weighted by atomic mass is 10.2. The van der Waals surface area contributed by atoms with Crippen LogP contribution in [0.1, 0.15) is 25.9 Å². The van der Waals surface area contributed by atoms with E-state index in [0.717, 1.165) is 5.01 Å². The van der Waals surface area contributed by atoms with Gasteiger partial charge in [-0.2, -0.15) is 0 Å². The molecule has 0 fully saturated rings. The average molecular weight is 321 g/mol. The summed E-state index contributed by atoms with van der Waals surface area (Å²) in [5.74, 6) is 5.08. The third-order valence-electron chi connectivity index (χ3n) is 2.64. The van der Waals surface area contributed by atoms with Gasteiger partial charge in [-0.25, -0.2) is 4.98 Å². The van der Waals surface area contributed by atoms with E-state index >= 15 is 0 Å². The molecule has 0 spiro atoms. The third-order valence-corrected chi connectivity index (χ3v) is 4.04. The van der Waals surface area contributed by atoms with Crippen LogP contribution in [0.15, 0.2) is 18.2 Å². The largest absolute Gasteiger partial charge is 0.384 e. The number of rotatable bonds is 2. The van der Waals surface area contributed by atoms with Crippen LogP contribution in [-0.4, -0.2) is 22.6 Å². The summed E-state index contributed by atoms with van der Waals surface area (Å²) in [6.45, 7) is 3.43. The van der Waals surface area contributed by atoms with E-state index in [4.69, 9.17) is 16.7 Å². The Balaban J connectivity index is 2.26. The number of halogens is 1. The molecule has 1 amide bonds. The van der Waals surface area contributed by atoms with E-state index in [-0.39, 0.29) is 12.5 Å². The second-order valence-electron chi connectivity index (χ2n) is 4.26. The minimum absolute atomic E-state index is 0.219. The monoisotopic (exact) mass is 320 g/mol. The molecule has 0 radical (unpaired) electrons. The first-order valence-corrected chi connectivity index (χ1v) is 7.35. The van der Waals surface area contributed by atoms with E-state index in [2.05, 4.69) is 22.1 Å². The first-order chi connectivity index (χ1) is 10.0. The number of aliphatic hydroxyl groups excluding tert-OH is 1. The van der Waals surface area contributed by atoms with Crippen LogP contribution < -0.4 is 5.32 Å². The molecule has 0 aliphatic heterocycles. The Kier molecular flexibility index (Phi) is 4.97. The van der Waals surface area contributed by atoms with Crippen molar-refractivity contribution in [3.63, 3.8) is 0 Å². The van der Waals surface area contributed by atoms with Crippen molar-refractivity contribution < 1.29 is 9.90 Å². The number of carbonyl (C=O) groups is 1. The molecule has 2 aromatic rings. The second kappa shape index (κ2) is 6.72. The van der Waals surface area contributed by atoms with E-state index in [0.29, 0.717) is 26.8 Å². The molecule has 0 aliphatic rings. The number of hydrogen-bond donors (Lipinski definition) is 2. The fraction of sp³-hybridized carbons (Fsp3) is 0.200. The number of benzene rings is 1. The minimum Gasteiger partial charge on any atom is -0.384 e. The lowest BCUT2D eigenvalue weighted by molar-refractivity contribution is 0.103. The van der Waals surface area contributed by atoms with Crippen LogP contribution in [0.4, 0.5) is 5.69 Å². The van der Waals surface area contributed by atoms with Crippen molar-refractivity contribution in [2.24, 2.45) is 0 Å². The van der Waals surface area contributed by atoms with Crippen LogP contribution in [0.2, 0.25) is 5.02 Å². The zero-order valence-corrected chi connectivity index (χ0v) is 13.1. The predicted molar refractivity (Wildman–Crippen MR) is 85.0 cm³/mol. The smallest absolute Gasteiger partial charge is 0.267 e. The molecule has 0 atom stereocenters. The van der Waals surface area contributed by atoms with Crippen LogP contribution in [0.5, 0.6) is 0 Å². The molecule has 2 N–H and O–H groups in total. The van der Waals surface area contributed by atoms with E-state index < -0.39 is 0 Å². The number of thiazole rings is 1. The molecule has 6 heteroatoms. The van der Waals surface area contributed by atoms with E-state index in [1.54, 1.807) is 25.1 Å². The van der Waals surface area contributed by atoms with Gasteiger partial charge in [0.05, 0.1) is 21.4 Å². The maximum absolute atomic E-state index is 12.3. The van der Waals surface area contributed by atoms with Crippen molar-refractivity contribution in [3.05, 3.63) is 44.4 Å². The second-order valence-corrected chi connectivity index (χ2v) is 5.87. The van der Waals surface area contributed by atoms with Gasteiger partial charge in [0, 0.05) is 5.56 Å². The Bertz CT molecular complexity index is 744. The number of amides is 1. The molecule has 1 aromatic carbocycles. The highest BCUT2D eigenvalue weighted by molar-refractivity contribution is 7.13. The molecule has 1 aromatic heterocycles. The third kappa shape index (κ3) is 3.82. The van der Waals surface area contributed by atoms with E-state index in [9.17, 15) is 4.79 Å². The molecule has 0 saturated carbocycles. The van der Waals surface area contributed by atoms with Crippen molar-refractivity contribution in [3.8, 4) is 11.8 Å². The summed E-state index contributed by atoms with van der Waals surface area (Å²) in [5, 5.41) is 12.7. The van der Waals surface area contributed by atoms with Gasteiger partial charge in [-0.3, -0.25) is 4.79 Å². The van der Waals surface area contributed by atoms with Crippen LogP contribution in [0.3, 0.4) is 0 Å². The number of aryl methyl sites for hydroxylation is 2. The molecule has 108 valence electrons. The number of hydrogen-bond acceptors (Lipinski definition) is 4. The maximum atomic E-state index is 12.3. The Labute approximate surface area is 131 Å². The first kappa shape index (κ1) is 15.5. The minimum atomic E-state index is -0.243. The van der Waals surface area contributed by atoms with Crippen LogP contribution in [-0.2, 0) is 0 Å². The normalized spacial score (nSPS) is 9.90.